The minimum absolute atomic E-state index is 0.0978. The Morgan fingerprint density at radius 1 is 0.935 bits per heavy atom. The standard InChI is InChI=1S/C28H32N2O/c1-4-21-11-15-24(16-12-21)29-27(31)28(19-7-9-23-8-5-6-10-26(23)28)20-22-13-17-25(18-14-22)30(2)3/h5-6,8,10-18H,4,7,9,19-20H2,1-3H3,(H,29,31). The Kier molecular flexibility index (Phi) is 6.13. The zero-order valence-corrected chi connectivity index (χ0v) is 18.8. The Hall–Kier alpha value is -3.07. The van der Waals surface area contributed by atoms with Gasteiger partial charge in [-0.05, 0) is 78.6 Å². The summed E-state index contributed by atoms with van der Waals surface area (Å²) < 4.78 is 0. The zero-order chi connectivity index (χ0) is 21.8. The summed E-state index contributed by atoms with van der Waals surface area (Å²) in [6.45, 7) is 2.14. The lowest BCUT2D eigenvalue weighted by Crippen LogP contribution is -2.45. The van der Waals surface area contributed by atoms with Crippen molar-refractivity contribution in [2.24, 2.45) is 0 Å². The highest BCUT2D eigenvalue weighted by molar-refractivity contribution is 6.00. The molecule has 3 aromatic carbocycles. The second-order valence-electron chi connectivity index (χ2n) is 8.84. The minimum atomic E-state index is -0.558. The lowest BCUT2D eigenvalue weighted by Gasteiger charge is -2.38. The Morgan fingerprint density at radius 2 is 1.61 bits per heavy atom. The van der Waals surface area contributed by atoms with Gasteiger partial charge in [0.25, 0.3) is 0 Å². The Bertz CT molecular complexity index is 1040. The number of aryl methyl sites for hydroxylation is 2. The molecule has 0 heterocycles. The van der Waals surface area contributed by atoms with Gasteiger partial charge in [-0.25, -0.2) is 0 Å². The van der Waals surface area contributed by atoms with Crippen molar-refractivity contribution in [1.82, 2.24) is 0 Å². The molecule has 0 saturated heterocycles. The molecule has 1 aliphatic rings. The van der Waals surface area contributed by atoms with Crippen LogP contribution in [0.3, 0.4) is 0 Å². The van der Waals surface area contributed by atoms with Crippen LogP contribution in [0.2, 0.25) is 0 Å². The molecule has 1 unspecified atom stereocenters. The summed E-state index contributed by atoms with van der Waals surface area (Å²) in [6.07, 6.45) is 4.62. The first-order valence-corrected chi connectivity index (χ1v) is 11.3. The number of nitrogens with zero attached hydrogens (tertiary/aromatic N) is 1. The largest absolute Gasteiger partial charge is 0.378 e. The molecule has 0 radical (unpaired) electrons. The number of fused-ring (bicyclic) bond motifs is 1. The second kappa shape index (κ2) is 8.97. The lowest BCUT2D eigenvalue weighted by atomic mass is 9.66. The van der Waals surface area contributed by atoms with E-state index in [4.69, 9.17) is 0 Å². The van der Waals surface area contributed by atoms with Crippen LogP contribution in [0.4, 0.5) is 11.4 Å². The fourth-order valence-electron chi connectivity index (χ4n) is 4.76. The Labute approximate surface area is 186 Å². The molecule has 160 valence electrons. The summed E-state index contributed by atoms with van der Waals surface area (Å²) >= 11 is 0. The van der Waals surface area contributed by atoms with Crippen LogP contribution in [0.5, 0.6) is 0 Å². The maximum absolute atomic E-state index is 13.9. The Balaban J connectivity index is 1.70. The van der Waals surface area contributed by atoms with E-state index in [0.717, 1.165) is 31.4 Å². The fourth-order valence-corrected chi connectivity index (χ4v) is 4.76. The van der Waals surface area contributed by atoms with E-state index in [0.29, 0.717) is 6.42 Å². The number of amides is 1. The average Bonchev–Trinajstić information content (AvgIpc) is 2.80. The van der Waals surface area contributed by atoms with Gasteiger partial charge in [-0.15, -0.1) is 0 Å². The average molecular weight is 413 g/mol. The van der Waals surface area contributed by atoms with Crippen LogP contribution in [-0.2, 0) is 29.5 Å². The van der Waals surface area contributed by atoms with Crippen molar-refractivity contribution in [1.29, 1.82) is 0 Å². The molecule has 4 rings (SSSR count). The summed E-state index contributed by atoms with van der Waals surface area (Å²) in [7, 11) is 4.09. The molecule has 0 aromatic heterocycles. The van der Waals surface area contributed by atoms with Crippen LogP contribution in [-0.4, -0.2) is 20.0 Å². The highest BCUT2D eigenvalue weighted by Crippen LogP contribution is 2.41. The van der Waals surface area contributed by atoms with E-state index >= 15 is 0 Å². The molecule has 1 atom stereocenters. The van der Waals surface area contributed by atoms with Gasteiger partial charge in [0.15, 0.2) is 0 Å². The lowest BCUT2D eigenvalue weighted by molar-refractivity contribution is -0.122. The molecule has 0 bridgehead atoms. The molecular formula is C28H32N2O. The third-order valence-electron chi connectivity index (χ3n) is 6.60. The van der Waals surface area contributed by atoms with Crippen molar-refractivity contribution in [2.45, 2.75) is 44.4 Å². The van der Waals surface area contributed by atoms with Gasteiger partial charge >= 0.3 is 0 Å². The van der Waals surface area contributed by atoms with Crippen molar-refractivity contribution < 1.29 is 4.79 Å². The van der Waals surface area contributed by atoms with E-state index in [-0.39, 0.29) is 5.91 Å². The van der Waals surface area contributed by atoms with Crippen molar-refractivity contribution >= 4 is 17.3 Å². The molecule has 3 nitrogen and oxygen atoms in total. The first-order valence-electron chi connectivity index (χ1n) is 11.3. The predicted octanol–water partition coefficient (Wildman–Crippen LogP) is 5.77. The van der Waals surface area contributed by atoms with Crippen molar-refractivity contribution in [3.05, 3.63) is 95.1 Å². The number of hydrogen-bond donors (Lipinski definition) is 1. The summed E-state index contributed by atoms with van der Waals surface area (Å²) in [4.78, 5) is 16.0. The SMILES string of the molecule is CCc1ccc(NC(=O)C2(Cc3ccc(N(C)C)cc3)CCCc3ccccc32)cc1. The Morgan fingerprint density at radius 3 is 2.29 bits per heavy atom. The third kappa shape index (κ3) is 4.36. The van der Waals surface area contributed by atoms with E-state index in [1.54, 1.807) is 0 Å². The van der Waals surface area contributed by atoms with Gasteiger partial charge in [-0.3, -0.25) is 4.79 Å². The molecule has 3 aromatic rings. The predicted molar refractivity (Wildman–Crippen MR) is 130 cm³/mol. The molecule has 1 N–H and O–H groups in total. The van der Waals surface area contributed by atoms with Crippen LogP contribution in [0.15, 0.2) is 72.8 Å². The topological polar surface area (TPSA) is 32.3 Å². The number of rotatable bonds is 6. The van der Waals surface area contributed by atoms with Gasteiger partial charge in [-0.2, -0.15) is 0 Å². The van der Waals surface area contributed by atoms with Crippen molar-refractivity contribution in [2.75, 3.05) is 24.3 Å². The van der Waals surface area contributed by atoms with Crippen LogP contribution in [0.1, 0.15) is 42.0 Å². The number of carbonyl (C=O) groups is 1. The smallest absolute Gasteiger partial charge is 0.235 e. The van der Waals surface area contributed by atoms with E-state index in [1.807, 2.05) is 26.2 Å². The molecule has 1 aliphatic carbocycles. The first kappa shape index (κ1) is 21.2. The van der Waals surface area contributed by atoms with Gasteiger partial charge in [0, 0.05) is 25.5 Å². The third-order valence-corrected chi connectivity index (χ3v) is 6.60. The van der Waals surface area contributed by atoms with E-state index in [9.17, 15) is 4.79 Å². The quantitative estimate of drug-likeness (QED) is 0.557. The van der Waals surface area contributed by atoms with Gasteiger partial charge in [0.05, 0.1) is 5.41 Å². The summed E-state index contributed by atoms with van der Waals surface area (Å²) in [5.74, 6) is 0.0978. The summed E-state index contributed by atoms with van der Waals surface area (Å²) in [5.41, 5.74) is 6.43. The van der Waals surface area contributed by atoms with Crippen LogP contribution < -0.4 is 10.2 Å². The molecular weight excluding hydrogens is 380 g/mol. The van der Waals surface area contributed by atoms with Gasteiger partial charge in [0.2, 0.25) is 5.91 Å². The summed E-state index contributed by atoms with van der Waals surface area (Å²) in [5, 5.41) is 3.25. The normalized spacial score (nSPS) is 17.6. The summed E-state index contributed by atoms with van der Waals surface area (Å²) in [6, 6.07) is 25.3. The van der Waals surface area contributed by atoms with Crippen LogP contribution in [0, 0.1) is 0 Å². The molecule has 3 heteroatoms. The van der Waals surface area contributed by atoms with Crippen molar-refractivity contribution in [3.63, 3.8) is 0 Å². The number of nitrogens with one attached hydrogen (secondary N) is 1. The maximum atomic E-state index is 13.9. The second-order valence-corrected chi connectivity index (χ2v) is 8.84. The van der Waals surface area contributed by atoms with Gasteiger partial charge < -0.3 is 10.2 Å². The van der Waals surface area contributed by atoms with Crippen LogP contribution >= 0.6 is 0 Å². The van der Waals surface area contributed by atoms with Gasteiger partial charge in [-0.1, -0.05) is 55.5 Å². The maximum Gasteiger partial charge on any atom is 0.235 e. The number of carbonyl (C=O) groups excluding carboxylic acids is 1. The van der Waals surface area contributed by atoms with Gasteiger partial charge in [0.1, 0.15) is 0 Å². The molecule has 0 aliphatic heterocycles. The number of anilines is 2. The van der Waals surface area contributed by atoms with E-state index in [2.05, 4.69) is 77.8 Å². The highest BCUT2D eigenvalue weighted by Gasteiger charge is 2.43. The molecule has 0 saturated carbocycles. The monoisotopic (exact) mass is 412 g/mol. The van der Waals surface area contributed by atoms with Crippen LogP contribution in [0.25, 0.3) is 0 Å². The molecule has 0 spiro atoms. The number of hydrogen-bond acceptors (Lipinski definition) is 2. The molecule has 1 amide bonds. The van der Waals surface area contributed by atoms with E-state index in [1.165, 1.54) is 27.9 Å². The van der Waals surface area contributed by atoms with Crippen molar-refractivity contribution in [3.8, 4) is 0 Å². The fraction of sp³-hybridized carbons (Fsp3) is 0.321. The highest BCUT2D eigenvalue weighted by atomic mass is 16.2. The molecule has 0 fully saturated rings. The minimum Gasteiger partial charge on any atom is -0.378 e. The zero-order valence-electron chi connectivity index (χ0n) is 18.8. The number of benzene rings is 3. The first-order chi connectivity index (χ1) is 15.0. The molecule has 31 heavy (non-hydrogen) atoms. The van der Waals surface area contributed by atoms with E-state index < -0.39 is 5.41 Å².